The fourth-order valence-electron chi connectivity index (χ4n) is 3.13. The van der Waals surface area contributed by atoms with E-state index in [2.05, 4.69) is 14.5 Å². The molecule has 2 aromatic carbocycles. The molecule has 1 aromatic heterocycles. The van der Waals surface area contributed by atoms with Gasteiger partial charge in [-0.15, -0.1) is 0 Å². The van der Waals surface area contributed by atoms with Crippen molar-refractivity contribution in [1.29, 1.82) is 0 Å². The predicted octanol–water partition coefficient (Wildman–Crippen LogP) is 3.26. The van der Waals surface area contributed by atoms with E-state index in [1.165, 1.54) is 30.1 Å². The summed E-state index contributed by atoms with van der Waals surface area (Å²) >= 11 is 0. The Balaban J connectivity index is 1.97. The van der Waals surface area contributed by atoms with Crippen LogP contribution in [0.4, 0.5) is 11.4 Å². The monoisotopic (exact) mass is 448 g/mol. The van der Waals surface area contributed by atoms with Crippen molar-refractivity contribution in [1.82, 2.24) is 9.78 Å². The molecule has 0 atom stereocenters. The summed E-state index contributed by atoms with van der Waals surface area (Å²) in [6, 6.07) is 9.70. The van der Waals surface area contributed by atoms with Crippen LogP contribution in [0.15, 0.2) is 52.5 Å². The van der Waals surface area contributed by atoms with Crippen LogP contribution in [-0.2, 0) is 27.1 Å². The number of aromatic nitrogens is 2. The molecule has 3 rings (SSSR count). The van der Waals surface area contributed by atoms with Gasteiger partial charge in [-0.3, -0.25) is 14.1 Å². The number of sulfonamides is 2. The summed E-state index contributed by atoms with van der Waals surface area (Å²) in [4.78, 5) is -0.0486. The van der Waals surface area contributed by atoms with Gasteiger partial charge in [0, 0.05) is 12.6 Å². The Kier molecular flexibility index (Phi) is 5.66. The van der Waals surface area contributed by atoms with Crippen LogP contribution in [-0.4, -0.2) is 26.6 Å². The number of benzene rings is 2. The zero-order chi connectivity index (χ0) is 22.3. The van der Waals surface area contributed by atoms with Crippen molar-refractivity contribution < 1.29 is 16.8 Å². The SMILES string of the molecule is Cc1ccc(NS(=O)(=O)c2ccc(C)c(NS(=O)(=O)c3c(C)cnn3C)c2)c(C)c1. The van der Waals surface area contributed by atoms with E-state index < -0.39 is 20.0 Å². The molecule has 0 aliphatic rings. The highest BCUT2D eigenvalue weighted by Gasteiger charge is 2.24. The van der Waals surface area contributed by atoms with Gasteiger partial charge < -0.3 is 0 Å². The quantitative estimate of drug-likeness (QED) is 0.601. The third-order valence-corrected chi connectivity index (χ3v) is 7.65. The minimum atomic E-state index is -3.95. The summed E-state index contributed by atoms with van der Waals surface area (Å²) in [7, 11) is -6.34. The summed E-state index contributed by atoms with van der Waals surface area (Å²) in [6.45, 7) is 7.08. The van der Waals surface area contributed by atoms with Crippen molar-refractivity contribution in [3.63, 3.8) is 0 Å². The number of aryl methyl sites for hydroxylation is 5. The number of hydrogen-bond donors (Lipinski definition) is 2. The second kappa shape index (κ2) is 7.77. The van der Waals surface area contributed by atoms with E-state index in [0.717, 1.165) is 11.1 Å². The van der Waals surface area contributed by atoms with Crippen LogP contribution in [0.5, 0.6) is 0 Å². The average molecular weight is 449 g/mol. The smallest absolute Gasteiger partial charge is 0.279 e. The van der Waals surface area contributed by atoms with Gasteiger partial charge in [-0.05, 0) is 57.0 Å². The maximum absolute atomic E-state index is 12.9. The molecule has 10 heteroatoms. The number of nitrogens with one attached hydrogen (secondary N) is 2. The average Bonchev–Trinajstić information content (AvgIpc) is 2.98. The fourth-order valence-corrected chi connectivity index (χ4v) is 5.76. The van der Waals surface area contributed by atoms with Crippen LogP contribution in [0.2, 0.25) is 0 Å². The summed E-state index contributed by atoms with van der Waals surface area (Å²) < 4.78 is 57.8. The van der Waals surface area contributed by atoms with E-state index in [1.807, 2.05) is 26.0 Å². The highest BCUT2D eigenvalue weighted by Crippen LogP contribution is 2.26. The Labute approximate surface area is 177 Å². The molecular weight excluding hydrogens is 424 g/mol. The van der Waals surface area contributed by atoms with Crippen LogP contribution in [0.25, 0.3) is 0 Å². The fraction of sp³-hybridized carbons (Fsp3) is 0.250. The lowest BCUT2D eigenvalue weighted by atomic mass is 10.1. The number of rotatable bonds is 6. The highest BCUT2D eigenvalue weighted by atomic mass is 32.2. The molecule has 8 nitrogen and oxygen atoms in total. The van der Waals surface area contributed by atoms with E-state index >= 15 is 0 Å². The first kappa shape index (κ1) is 21.8. The van der Waals surface area contributed by atoms with E-state index in [9.17, 15) is 16.8 Å². The minimum Gasteiger partial charge on any atom is -0.279 e. The first-order chi connectivity index (χ1) is 13.9. The Morgan fingerprint density at radius 3 is 2.03 bits per heavy atom. The second-order valence-corrected chi connectivity index (χ2v) is 10.5. The Hall–Kier alpha value is -2.85. The largest absolute Gasteiger partial charge is 0.279 e. The lowest BCUT2D eigenvalue weighted by Crippen LogP contribution is -2.19. The molecule has 1 heterocycles. The highest BCUT2D eigenvalue weighted by molar-refractivity contribution is 7.93. The molecule has 3 aromatic rings. The first-order valence-corrected chi connectivity index (χ1v) is 12.1. The van der Waals surface area contributed by atoms with Crippen molar-refractivity contribution in [2.45, 2.75) is 37.6 Å². The van der Waals surface area contributed by atoms with Crippen LogP contribution >= 0.6 is 0 Å². The van der Waals surface area contributed by atoms with Crippen molar-refractivity contribution in [2.24, 2.45) is 7.05 Å². The summed E-state index contributed by atoms with van der Waals surface area (Å²) in [5.74, 6) is 0. The van der Waals surface area contributed by atoms with Gasteiger partial charge in [0.2, 0.25) is 0 Å². The Bertz CT molecular complexity index is 1310. The normalized spacial score (nSPS) is 12.0. The molecule has 160 valence electrons. The van der Waals surface area contributed by atoms with Crippen molar-refractivity contribution in [3.8, 4) is 0 Å². The van der Waals surface area contributed by atoms with Crippen LogP contribution in [0.1, 0.15) is 22.3 Å². The molecule has 0 saturated carbocycles. The zero-order valence-corrected chi connectivity index (χ0v) is 19.0. The van der Waals surface area contributed by atoms with Gasteiger partial charge in [-0.2, -0.15) is 13.5 Å². The van der Waals surface area contributed by atoms with Crippen molar-refractivity contribution >= 4 is 31.4 Å². The van der Waals surface area contributed by atoms with Gasteiger partial charge in [0.15, 0.2) is 5.03 Å². The first-order valence-electron chi connectivity index (χ1n) is 9.13. The van der Waals surface area contributed by atoms with Gasteiger partial charge >= 0.3 is 0 Å². The van der Waals surface area contributed by atoms with E-state index in [1.54, 1.807) is 26.0 Å². The van der Waals surface area contributed by atoms with Crippen LogP contribution in [0, 0.1) is 27.7 Å². The topological polar surface area (TPSA) is 110 Å². The summed E-state index contributed by atoms with van der Waals surface area (Å²) in [5, 5.41) is 3.97. The molecule has 0 radical (unpaired) electrons. The predicted molar refractivity (Wildman–Crippen MR) is 117 cm³/mol. The molecule has 2 N–H and O–H groups in total. The van der Waals surface area contributed by atoms with Crippen molar-refractivity contribution in [3.05, 3.63) is 64.8 Å². The number of anilines is 2. The Morgan fingerprint density at radius 2 is 1.43 bits per heavy atom. The second-order valence-electron chi connectivity index (χ2n) is 7.26. The maximum atomic E-state index is 12.9. The third kappa shape index (κ3) is 4.34. The molecule has 30 heavy (non-hydrogen) atoms. The van der Waals surface area contributed by atoms with E-state index in [-0.39, 0.29) is 15.6 Å². The molecule has 0 spiro atoms. The van der Waals surface area contributed by atoms with Gasteiger partial charge in [0.05, 0.1) is 22.5 Å². The number of nitrogens with zero attached hydrogens (tertiary/aromatic N) is 2. The van der Waals surface area contributed by atoms with Gasteiger partial charge in [0.1, 0.15) is 0 Å². The lowest BCUT2D eigenvalue weighted by Gasteiger charge is -2.15. The standard InChI is InChI=1S/C20H24N4O4S2/c1-13-6-9-18(15(3)10-13)22-29(25,26)17-8-7-14(2)19(11-17)23-30(27,28)20-16(4)12-21-24(20)5/h6-12,22-23H,1-5H3. The van der Waals surface area contributed by atoms with Gasteiger partial charge in [0.25, 0.3) is 20.0 Å². The van der Waals surface area contributed by atoms with Crippen LogP contribution in [0.3, 0.4) is 0 Å². The Morgan fingerprint density at radius 1 is 0.767 bits per heavy atom. The summed E-state index contributed by atoms with van der Waals surface area (Å²) in [5.41, 5.74) is 3.53. The molecule has 0 amide bonds. The maximum Gasteiger partial charge on any atom is 0.279 e. The minimum absolute atomic E-state index is 0.0172. The van der Waals surface area contributed by atoms with E-state index in [0.29, 0.717) is 16.8 Å². The third-order valence-electron chi connectivity index (χ3n) is 4.70. The van der Waals surface area contributed by atoms with Gasteiger partial charge in [-0.25, -0.2) is 8.42 Å². The molecule has 0 bridgehead atoms. The molecule has 0 unspecified atom stereocenters. The lowest BCUT2D eigenvalue weighted by molar-refractivity contribution is 0.580. The molecule has 0 fully saturated rings. The van der Waals surface area contributed by atoms with Gasteiger partial charge in [-0.1, -0.05) is 23.8 Å². The zero-order valence-electron chi connectivity index (χ0n) is 17.4. The summed E-state index contributed by atoms with van der Waals surface area (Å²) in [6.07, 6.45) is 1.45. The van der Waals surface area contributed by atoms with E-state index in [4.69, 9.17) is 0 Å². The number of hydrogen-bond acceptors (Lipinski definition) is 5. The molecule has 0 aliphatic carbocycles. The van der Waals surface area contributed by atoms with Crippen molar-refractivity contribution in [2.75, 3.05) is 9.44 Å². The van der Waals surface area contributed by atoms with Crippen LogP contribution < -0.4 is 9.44 Å². The molecular formula is C20H24N4O4S2. The molecule has 0 aliphatic heterocycles. The molecule has 0 saturated heterocycles.